The van der Waals surface area contributed by atoms with Gasteiger partial charge in [-0.2, -0.15) is 0 Å². The van der Waals surface area contributed by atoms with E-state index in [0.717, 1.165) is 134 Å². The molecule has 21 aromatic rings. The van der Waals surface area contributed by atoms with E-state index >= 15 is 0 Å². The molecular formula is C109H69BN14. The molecular weight excluding hydrogens is 1520 g/mol. The first kappa shape index (κ1) is 72.3. The van der Waals surface area contributed by atoms with E-state index in [-0.39, 0.29) is 6.71 Å². The highest BCUT2D eigenvalue weighted by Gasteiger charge is 2.44. The SMILES string of the molecule is c1ccc(-c2cc(-c3cccc(-c4cc5c6c(c4)N(c4ccccc4)c4ccccc4B6c4ccccc4N5c4ccccc4)c3)nc(-c3cc(-c4nc(-c5ccccc5)nc(-c5ccccc5)n4)ccc3-n3c4ccc(-c5nc(-c6ccccc6)nc(-c6ccccc6)n5)cc4c4cc(-c5nc(-c6ccccc6)nc(-c6ccccc6)n5)ccc43)n2)cc1. The second kappa shape index (κ2) is 30.8. The summed E-state index contributed by atoms with van der Waals surface area (Å²) in [5.74, 6) is 5.20. The molecule has 0 unspecified atom stereocenters. The minimum absolute atomic E-state index is 0.0514. The first-order chi connectivity index (χ1) is 61.4. The van der Waals surface area contributed by atoms with Crippen molar-refractivity contribution in [2.75, 3.05) is 9.80 Å². The zero-order chi connectivity index (χ0) is 82.0. The molecule has 0 atom stereocenters. The maximum absolute atomic E-state index is 5.91. The van der Waals surface area contributed by atoms with E-state index in [0.29, 0.717) is 75.1 Å². The van der Waals surface area contributed by atoms with Crippen LogP contribution in [0.1, 0.15) is 0 Å². The predicted octanol–water partition coefficient (Wildman–Crippen LogP) is 23.9. The normalized spacial score (nSPS) is 12.0. The lowest BCUT2D eigenvalue weighted by atomic mass is 9.33. The largest absolute Gasteiger partial charge is 0.311 e. The van der Waals surface area contributed by atoms with Gasteiger partial charge in [-0.1, -0.05) is 303 Å². The van der Waals surface area contributed by atoms with Gasteiger partial charge >= 0.3 is 0 Å². The third-order valence-electron chi connectivity index (χ3n) is 23.3. The molecule has 0 radical (unpaired) electrons. The second-order valence-corrected chi connectivity index (χ2v) is 30.9. The average Bonchev–Trinajstić information content (AvgIpc) is 0.830. The number of fused-ring (bicyclic) bond motifs is 7. The maximum Gasteiger partial charge on any atom is 0.252 e. The quantitative estimate of drug-likeness (QED) is 0.0844. The molecule has 0 amide bonds. The van der Waals surface area contributed by atoms with E-state index in [1.54, 1.807) is 0 Å². The van der Waals surface area contributed by atoms with Crippen molar-refractivity contribution in [2.24, 2.45) is 0 Å². The number of para-hydroxylation sites is 4. The fraction of sp³-hybridized carbons (Fsp3) is 0. The molecule has 7 heterocycles. The Morgan fingerprint density at radius 3 is 0.871 bits per heavy atom. The van der Waals surface area contributed by atoms with Gasteiger partial charge in [0.2, 0.25) is 0 Å². The Bertz CT molecular complexity index is 7200. The van der Waals surface area contributed by atoms with Crippen LogP contribution in [0, 0.1) is 0 Å². The molecule has 124 heavy (non-hydrogen) atoms. The molecule has 578 valence electrons. The molecule has 2 aliphatic heterocycles. The molecule has 23 rings (SSSR count). The second-order valence-electron chi connectivity index (χ2n) is 30.9. The molecule has 2 aliphatic rings. The smallest absolute Gasteiger partial charge is 0.252 e. The lowest BCUT2D eigenvalue weighted by molar-refractivity contribution is 1.07. The average molecular weight is 1590 g/mol. The highest BCUT2D eigenvalue weighted by Crippen LogP contribution is 2.48. The summed E-state index contributed by atoms with van der Waals surface area (Å²) in [5, 5.41) is 1.81. The number of aromatic nitrogens is 12. The summed E-state index contributed by atoms with van der Waals surface area (Å²) in [6.07, 6.45) is 0. The molecule has 0 bridgehead atoms. The fourth-order valence-electron chi connectivity index (χ4n) is 17.5. The number of nitrogens with zero attached hydrogens (tertiary/aromatic N) is 14. The maximum atomic E-state index is 5.91. The molecule has 0 spiro atoms. The van der Waals surface area contributed by atoms with Crippen molar-refractivity contribution in [3.8, 4) is 153 Å². The summed E-state index contributed by atoms with van der Waals surface area (Å²) < 4.78 is 2.33. The fourth-order valence-corrected chi connectivity index (χ4v) is 17.5. The Balaban J connectivity index is 0.765. The Labute approximate surface area is 715 Å². The molecule has 0 saturated carbocycles. The molecule has 0 aliphatic carbocycles. The Morgan fingerprint density at radius 2 is 0.484 bits per heavy atom. The van der Waals surface area contributed by atoms with Crippen LogP contribution in [0.4, 0.5) is 34.1 Å². The molecule has 0 N–H and O–H groups in total. The first-order valence-electron chi connectivity index (χ1n) is 41.4. The van der Waals surface area contributed by atoms with Gasteiger partial charge in [0, 0.05) is 112 Å². The molecule has 16 aromatic carbocycles. The van der Waals surface area contributed by atoms with Gasteiger partial charge in [0.1, 0.15) is 0 Å². The molecule has 5 aromatic heterocycles. The summed E-state index contributed by atoms with van der Waals surface area (Å²) in [6, 6.07) is 145. The summed E-state index contributed by atoms with van der Waals surface area (Å²) >= 11 is 0. The van der Waals surface area contributed by atoms with E-state index in [1.807, 2.05) is 188 Å². The minimum Gasteiger partial charge on any atom is -0.311 e. The number of rotatable bonds is 16. The van der Waals surface area contributed by atoms with Crippen molar-refractivity contribution in [1.29, 1.82) is 0 Å². The third-order valence-corrected chi connectivity index (χ3v) is 23.3. The molecule has 0 fully saturated rings. The van der Waals surface area contributed by atoms with Gasteiger partial charge in [-0.3, -0.25) is 0 Å². The highest BCUT2D eigenvalue weighted by atomic mass is 15.2. The lowest BCUT2D eigenvalue weighted by Gasteiger charge is -2.44. The van der Waals surface area contributed by atoms with Gasteiger partial charge in [0.15, 0.2) is 58.2 Å². The monoisotopic (exact) mass is 1580 g/mol. The summed E-state index contributed by atoms with van der Waals surface area (Å²) in [7, 11) is 0. The van der Waals surface area contributed by atoms with Gasteiger partial charge in [-0.15, -0.1) is 0 Å². The van der Waals surface area contributed by atoms with E-state index in [9.17, 15) is 0 Å². The Morgan fingerprint density at radius 1 is 0.177 bits per heavy atom. The van der Waals surface area contributed by atoms with Crippen molar-refractivity contribution < 1.29 is 0 Å². The van der Waals surface area contributed by atoms with Crippen LogP contribution in [0.5, 0.6) is 0 Å². The topological polar surface area (TPSA) is 153 Å². The van der Waals surface area contributed by atoms with Gasteiger partial charge in [-0.25, -0.2) is 54.8 Å². The van der Waals surface area contributed by atoms with Crippen LogP contribution in [-0.2, 0) is 0 Å². The van der Waals surface area contributed by atoms with E-state index in [4.69, 9.17) is 54.8 Å². The zero-order valence-electron chi connectivity index (χ0n) is 66.7. The summed E-state index contributed by atoms with van der Waals surface area (Å²) in [4.78, 5) is 64.0. The van der Waals surface area contributed by atoms with Crippen molar-refractivity contribution in [3.05, 3.63) is 419 Å². The standard InChI is InChI=1S/C109H69BN14/c1-10-33-70(34-11-1)90-69-91(78-48-32-47-77(63-78)82-67-97-99-98(68-82)123(84-51-26-9-27-52-84)96-56-31-29-54-89(96)110(99)88-53-28-30-55-95(88)122(97)83-49-24-8-25-50-83)112-109(111-90)87-66-81(108-120-104(75-43-20-6-21-44-75)115-105(121-108)76-45-22-7-23-46-76)59-62-94(87)124-92-60-57-79(106-116-100(71-35-12-2-13-36-71)113-101(117-106)72-37-14-3-15-38-72)64-85(92)86-65-80(58-61-93(86)124)107-118-102(73-39-16-4-17-40-73)114-103(119-107)74-41-18-5-19-42-74/h1-69H. The molecule has 0 saturated heterocycles. The van der Waals surface area contributed by atoms with Crippen LogP contribution >= 0.6 is 0 Å². The lowest BCUT2D eigenvalue weighted by Crippen LogP contribution is -2.61. The summed E-state index contributed by atoms with van der Waals surface area (Å²) in [6.45, 7) is -0.0514. The van der Waals surface area contributed by atoms with Gasteiger partial charge < -0.3 is 14.4 Å². The van der Waals surface area contributed by atoms with E-state index < -0.39 is 0 Å². The first-order valence-corrected chi connectivity index (χ1v) is 41.4. The number of hydrogen-bond donors (Lipinski definition) is 0. The molecule has 14 nitrogen and oxygen atoms in total. The minimum atomic E-state index is -0.0514. The van der Waals surface area contributed by atoms with E-state index in [1.165, 1.54) is 16.4 Å². The van der Waals surface area contributed by atoms with Crippen molar-refractivity contribution >= 4 is 79.0 Å². The van der Waals surface area contributed by atoms with Crippen LogP contribution in [-0.4, -0.2) is 66.1 Å². The zero-order valence-corrected chi connectivity index (χ0v) is 66.7. The van der Waals surface area contributed by atoms with Gasteiger partial charge in [0.05, 0.1) is 28.1 Å². The molecule has 15 heteroatoms. The van der Waals surface area contributed by atoms with Gasteiger partial charge in [0.25, 0.3) is 6.71 Å². The number of benzene rings is 16. The predicted molar refractivity (Wildman–Crippen MR) is 501 cm³/mol. The summed E-state index contributed by atoms with van der Waals surface area (Å²) in [5.41, 5.74) is 26.3. The van der Waals surface area contributed by atoms with Gasteiger partial charge in [-0.05, 0) is 143 Å². The van der Waals surface area contributed by atoms with Crippen molar-refractivity contribution in [2.45, 2.75) is 0 Å². The third kappa shape index (κ3) is 13.2. The number of hydrogen-bond acceptors (Lipinski definition) is 13. The van der Waals surface area contributed by atoms with Crippen LogP contribution in [0.25, 0.3) is 175 Å². The van der Waals surface area contributed by atoms with Crippen molar-refractivity contribution in [3.63, 3.8) is 0 Å². The van der Waals surface area contributed by atoms with E-state index in [2.05, 4.69) is 245 Å². The number of anilines is 6. The van der Waals surface area contributed by atoms with Crippen LogP contribution in [0.15, 0.2) is 419 Å². The van der Waals surface area contributed by atoms with Crippen LogP contribution < -0.4 is 26.2 Å². The van der Waals surface area contributed by atoms with Crippen LogP contribution in [0.3, 0.4) is 0 Å². The highest BCUT2D eigenvalue weighted by molar-refractivity contribution is 7.00. The Kier molecular flexibility index (Phi) is 18.0. The van der Waals surface area contributed by atoms with Crippen molar-refractivity contribution in [1.82, 2.24) is 59.4 Å². The van der Waals surface area contributed by atoms with Crippen LogP contribution in [0.2, 0.25) is 0 Å². The Hall–Kier alpha value is -16.9.